The van der Waals surface area contributed by atoms with Crippen LogP contribution in [-0.2, 0) is 20.1 Å². The van der Waals surface area contributed by atoms with Crippen molar-refractivity contribution in [2.24, 2.45) is 0 Å². The van der Waals surface area contributed by atoms with Gasteiger partial charge in [-0.15, -0.1) is 35.9 Å². The van der Waals surface area contributed by atoms with Crippen molar-refractivity contribution in [3.8, 4) is 33.6 Å². The minimum atomic E-state index is 0. The summed E-state index contributed by atoms with van der Waals surface area (Å²) in [5.41, 5.74) is 7.94. The van der Waals surface area contributed by atoms with Crippen molar-refractivity contribution in [2.75, 3.05) is 0 Å². The maximum Gasteiger partial charge on any atom is 0.0708 e. The number of pyridine rings is 2. The summed E-state index contributed by atoms with van der Waals surface area (Å²) >= 11 is 0. The Kier molecular flexibility index (Phi) is 10.4. The van der Waals surface area contributed by atoms with Crippen molar-refractivity contribution < 1.29 is 20.1 Å². The average molecular weight is 607 g/mol. The Labute approximate surface area is 210 Å². The molecular formula is C30H26IrN2-2. The van der Waals surface area contributed by atoms with Crippen LogP contribution in [0.25, 0.3) is 33.6 Å². The van der Waals surface area contributed by atoms with Gasteiger partial charge in [0.25, 0.3) is 0 Å². The second-order valence-corrected chi connectivity index (χ2v) is 7.10. The van der Waals surface area contributed by atoms with E-state index in [1.807, 2.05) is 66.9 Å². The van der Waals surface area contributed by atoms with Gasteiger partial charge in [0.15, 0.2) is 0 Å². The fourth-order valence-electron chi connectivity index (χ4n) is 3.34. The second kappa shape index (κ2) is 13.2. The molecule has 33 heavy (non-hydrogen) atoms. The standard InChI is InChI=1S/C18H15N.C11H8N.CH3.Ir/c1-14-7-5-6-10-17(14)16-11-12-19-18(13-16)15-8-3-2-4-9-15;1-2-6-10(7-3-1)11-8-4-5-9-12-11;;/h2-13H,1H3;1-6,8-9H;1H3;/q;2*-1;. The Hall–Kier alpha value is -3.39. The van der Waals surface area contributed by atoms with E-state index in [0.717, 1.165) is 22.5 Å². The molecule has 0 unspecified atom stereocenters. The topological polar surface area (TPSA) is 25.8 Å². The first-order valence-electron chi connectivity index (χ1n) is 10.3. The summed E-state index contributed by atoms with van der Waals surface area (Å²) in [6.07, 6.45) is 3.67. The molecule has 0 aliphatic heterocycles. The van der Waals surface area contributed by atoms with Crippen LogP contribution in [0, 0.1) is 20.4 Å². The zero-order valence-electron chi connectivity index (χ0n) is 18.8. The van der Waals surface area contributed by atoms with Crippen molar-refractivity contribution in [2.45, 2.75) is 6.92 Å². The van der Waals surface area contributed by atoms with Crippen LogP contribution in [0.4, 0.5) is 0 Å². The fraction of sp³-hybridized carbons (Fsp3) is 0.0333. The Morgan fingerprint density at radius 2 is 1.30 bits per heavy atom. The molecule has 1 radical (unpaired) electrons. The van der Waals surface area contributed by atoms with Gasteiger partial charge in [-0.1, -0.05) is 66.7 Å². The van der Waals surface area contributed by atoms with Crippen LogP contribution in [0.3, 0.4) is 0 Å². The average Bonchev–Trinajstić information content (AvgIpc) is 2.86. The number of nitrogens with zero attached hydrogens (tertiary/aromatic N) is 2. The number of aromatic nitrogens is 2. The molecule has 2 heterocycles. The summed E-state index contributed by atoms with van der Waals surface area (Å²) in [6.45, 7) is 2.14. The minimum Gasteiger partial charge on any atom is -0.358 e. The molecule has 3 heteroatoms. The van der Waals surface area contributed by atoms with E-state index in [1.165, 1.54) is 16.7 Å². The summed E-state index contributed by atoms with van der Waals surface area (Å²) in [7, 11) is 0. The molecule has 3 aromatic carbocycles. The van der Waals surface area contributed by atoms with E-state index in [9.17, 15) is 0 Å². The molecule has 0 bridgehead atoms. The van der Waals surface area contributed by atoms with Gasteiger partial charge in [0, 0.05) is 38.1 Å². The number of benzene rings is 3. The van der Waals surface area contributed by atoms with E-state index in [4.69, 9.17) is 0 Å². The van der Waals surface area contributed by atoms with Gasteiger partial charge in [0.2, 0.25) is 0 Å². The van der Waals surface area contributed by atoms with Gasteiger partial charge in [-0.05, 0) is 47.5 Å². The van der Waals surface area contributed by atoms with Crippen molar-refractivity contribution in [3.05, 3.63) is 141 Å². The van der Waals surface area contributed by atoms with E-state index in [2.05, 4.69) is 71.5 Å². The maximum atomic E-state index is 4.46. The van der Waals surface area contributed by atoms with Gasteiger partial charge in [-0.3, -0.25) is 4.98 Å². The minimum absolute atomic E-state index is 0. The van der Waals surface area contributed by atoms with Crippen LogP contribution < -0.4 is 0 Å². The Balaban J connectivity index is 0.000000240. The molecule has 0 aliphatic carbocycles. The van der Waals surface area contributed by atoms with Crippen molar-refractivity contribution in [1.82, 2.24) is 9.97 Å². The molecule has 0 fully saturated rings. The first kappa shape index (κ1) is 25.9. The molecule has 0 saturated carbocycles. The zero-order chi connectivity index (χ0) is 21.3. The number of hydrogen-bond acceptors (Lipinski definition) is 2. The molecular weight excluding hydrogens is 581 g/mol. The van der Waals surface area contributed by atoms with Gasteiger partial charge in [0.05, 0.1) is 5.69 Å². The summed E-state index contributed by atoms with van der Waals surface area (Å²) in [5, 5.41) is 0. The number of aryl methyl sites for hydroxylation is 1. The third-order valence-electron chi connectivity index (χ3n) is 4.94. The molecule has 0 spiro atoms. The molecule has 0 atom stereocenters. The Morgan fingerprint density at radius 3 is 2.00 bits per heavy atom. The molecule has 0 amide bonds. The summed E-state index contributed by atoms with van der Waals surface area (Å²) in [6, 6.07) is 39.7. The van der Waals surface area contributed by atoms with Crippen LogP contribution >= 0.6 is 0 Å². The molecule has 5 aromatic rings. The number of hydrogen-bond donors (Lipinski definition) is 0. The third kappa shape index (κ3) is 7.05. The third-order valence-corrected chi connectivity index (χ3v) is 4.94. The van der Waals surface area contributed by atoms with Crippen molar-refractivity contribution in [1.29, 1.82) is 0 Å². The van der Waals surface area contributed by atoms with E-state index < -0.39 is 0 Å². The van der Waals surface area contributed by atoms with Crippen LogP contribution in [0.2, 0.25) is 0 Å². The first-order valence-corrected chi connectivity index (χ1v) is 10.3. The normalized spacial score (nSPS) is 9.48. The van der Waals surface area contributed by atoms with Crippen molar-refractivity contribution in [3.63, 3.8) is 0 Å². The van der Waals surface area contributed by atoms with E-state index in [0.29, 0.717) is 0 Å². The van der Waals surface area contributed by atoms with Gasteiger partial charge in [-0.2, -0.15) is 0 Å². The molecule has 0 saturated heterocycles. The van der Waals surface area contributed by atoms with Crippen LogP contribution in [0.15, 0.2) is 122 Å². The molecule has 0 N–H and O–H groups in total. The van der Waals surface area contributed by atoms with E-state index in [1.54, 1.807) is 6.20 Å². The summed E-state index contributed by atoms with van der Waals surface area (Å²) in [4.78, 5) is 8.68. The SMILES string of the molecule is Cc1ccccc1-c1ccnc(-c2ccccc2)c1.[CH3-].[Ir].[c-]1ccccc1-c1ccccn1. The van der Waals surface area contributed by atoms with Crippen molar-refractivity contribution >= 4 is 0 Å². The Bertz CT molecular complexity index is 1190. The predicted molar refractivity (Wildman–Crippen MR) is 135 cm³/mol. The first-order chi connectivity index (χ1) is 15.3. The monoisotopic (exact) mass is 607 g/mol. The van der Waals surface area contributed by atoms with E-state index in [-0.39, 0.29) is 27.5 Å². The van der Waals surface area contributed by atoms with Gasteiger partial charge < -0.3 is 12.4 Å². The predicted octanol–water partition coefficient (Wildman–Crippen LogP) is 7.72. The fourth-order valence-corrected chi connectivity index (χ4v) is 3.34. The number of rotatable bonds is 3. The molecule has 167 valence electrons. The van der Waals surface area contributed by atoms with Gasteiger partial charge >= 0.3 is 0 Å². The largest absolute Gasteiger partial charge is 0.358 e. The zero-order valence-corrected chi connectivity index (χ0v) is 21.2. The molecule has 0 aliphatic rings. The van der Waals surface area contributed by atoms with Crippen LogP contribution in [-0.4, -0.2) is 9.97 Å². The summed E-state index contributed by atoms with van der Waals surface area (Å²) in [5.74, 6) is 0. The Morgan fingerprint density at radius 1 is 0.606 bits per heavy atom. The van der Waals surface area contributed by atoms with Gasteiger partial charge in [-0.25, -0.2) is 0 Å². The van der Waals surface area contributed by atoms with Gasteiger partial charge in [0.1, 0.15) is 0 Å². The molecule has 2 aromatic heterocycles. The van der Waals surface area contributed by atoms with Crippen LogP contribution in [0.5, 0.6) is 0 Å². The summed E-state index contributed by atoms with van der Waals surface area (Å²) < 4.78 is 0. The smallest absolute Gasteiger partial charge is 0.0708 e. The molecule has 5 rings (SSSR count). The second-order valence-electron chi connectivity index (χ2n) is 7.10. The van der Waals surface area contributed by atoms with Crippen LogP contribution in [0.1, 0.15) is 5.56 Å². The maximum absolute atomic E-state index is 4.46. The quantitative estimate of drug-likeness (QED) is 0.197. The molecule has 2 nitrogen and oxygen atoms in total. The van der Waals surface area contributed by atoms with E-state index >= 15 is 0 Å².